The molecule has 0 aliphatic heterocycles. The van der Waals surface area contributed by atoms with Crippen molar-refractivity contribution in [2.24, 2.45) is 5.92 Å². The lowest BCUT2D eigenvalue weighted by Crippen LogP contribution is -2.23. The van der Waals surface area contributed by atoms with Crippen molar-refractivity contribution in [3.05, 3.63) is 65.2 Å². The fourth-order valence-corrected chi connectivity index (χ4v) is 4.96. The van der Waals surface area contributed by atoms with E-state index in [-0.39, 0.29) is 0 Å². The minimum atomic E-state index is 0.382. The Morgan fingerprint density at radius 3 is 1.67 bits per heavy atom. The van der Waals surface area contributed by atoms with Crippen LogP contribution in [0.5, 0.6) is 5.75 Å². The van der Waals surface area contributed by atoms with Gasteiger partial charge in [0, 0.05) is 0 Å². The molecule has 27 heavy (non-hydrogen) atoms. The van der Waals surface area contributed by atoms with Crippen LogP contribution < -0.4 is 4.74 Å². The van der Waals surface area contributed by atoms with E-state index in [1.807, 2.05) is 0 Å². The predicted octanol–water partition coefficient (Wildman–Crippen LogP) is 7.39. The third-order valence-electron chi connectivity index (χ3n) is 6.89. The molecule has 0 atom stereocenters. The van der Waals surface area contributed by atoms with Gasteiger partial charge in [0.2, 0.25) is 0 Å². The van der Waals surface area contributed by atoms with Crippen molar-refractivity contribution in [2.45, 2.75) is 83.2 Å². The van der Waals surface area contributed by atoms with Crippen molar-refractivity contribution in [2.75, 3.05) is 0 Å². The van der Waals surface area contributed by atoms with Crippen molar-refractivity contribution < 1.29 is 4.74 Å². The molecule has 2 saturated carbocycles. The molecule has 0 saturated heterocycles. The molecule has 0 amide bonds. The first-order chi connectivity index (χ1) is 13.2. The summed E-state index contributed by atoms with van der Waals surface area (Å²) in [6, 6.07) is 18.2. The first kappa shape index (κ1) is 18.6. The molecular weight excluding hydrogens is 328 g/mol. The Morgan fingerprint density at radius 2 is 1.11 bits per heavy atom. The number of hydrogen-bond donors (Lipinski definition) is 0. The smallest absolute Gasteiger partial charge is 0.119 e. The van der Waals surface area contributed by atoms with Crippen LogP contribution in [-0.4, -0.2) is 6.10 Å². The molecule has 0 spiro atoms. The number of rotatable bonds is 4. The summed E-state index contributed by atoms with van der Waals surface area (Å²) >= 11 is 0. The summed E-state index contributed by atoms with van der Waals surface area (Å²) in [5, 5.41) is 0. The van der Waals surface area contributed by atoms with Gasteiger partial charge in [-0.05, 0) is 86.5 Å². The van der Waals surface area contributed by atoms with E-state index in [0.29, 0.717) is 12.0 Å². The highest BCUT2D eigenvalue weighted by molar-refractivity contribution is 5.30. The quantitative estimate of drug-likeness (QED) is 0.551. The van der Waals surface area contributed by atoms with Crippen LogP contribution in [-0.2, 0) is 0 Å². The number of ether oxygens (including phenoxy) is 1. The second kappa shape index (κ2) is 8.50. The van der Waals surface area contributed by atoms with Crippen LogP contribution in [0.1, 0.15) is 86.8 Å². The highest BCUT2D eigenvalue weighted by Gasteiger charge is 2.24. The zero-order valence-electron chi connectivity index (χ0n) is 17.0. The van der Waals surface area contributed by atoms with Crippen molar-refractivity contribution in [1.29, 1.82) is 0 Å². The van der Waals surface area contributed by atoms with Crippen LogP contribution in [0, 0.1) is 12.8 Å². The summed E-state index contributed by atoms with van der Waals surface area (Å²) in [5.74, 6) is 3.45. The van der Waals surface area contributed by atoms with E-state index < -0.39 is 0 Å². The van der Waals surface area contributed by atoms with Gasteiger partial charge in [0.05, 0.1) is 6.10 Å². The molecule has 0 unspecified atom stereocenters. The Morgan fingerprint density at radius 1 is 0.630 bits per heavy atom. The van der Waals surface area contributed by atoms with E-state index in [2.05, 4.69) is 62.4 Å². The van der Waals surface area contributed by atoms with Gasteiger partial charge in [-0.2, -0.15) is 0 Å². The maximum atomic E-state index is 6.32. The van der Waals surface area contributed by atoms with Crippen molar-refractivity contribution in [1.82, 2.24) is 0 Å². The van der Waals surface area contributed by atoms with Gasteiger partial charge in [-0.15, -0.1) is 0 Å². The summed E-state index contributed by atoms with van der Waals surface area (Å²) in [7, 11) is 0. The highest BCUT2D eigenvalue weighted by atomic mass is 16.5. The molecule has 2 aliphatic carbocycles. The maximum Gasteiger partial charge on any atom is 0.119 e. The Hall–Kier alpha value is -1.76. The van der Waals surface area contributed by atoms with E-state index >= 15 is 0 Å². The topological polar surface area (TPSA) is 9.23 Å². The molecule has 0 heterocycles. The second-order valence-electron chi connectivity index (χ2n) is 9.03. The Bertz CT molecular complexity index is 699. The molecule has 2 aromatic carbocycles. The lowest BCUT2D eigenvalue weighted by Gasteiger charge is -2.30. The van der Waals surface area contributed by atoms with E-state index in [9.17, 15) is 0 Å². The second-order valence-corrected chi connectivity index (χ2v) is 9.03. The average molecular weight is 363 g/mol. The normalized spacial score (nSPS) is 28.7. The fraction of sp³-hybridized carbons (Fsp3) is 0.538. The van der Waals surface area contributed by atoms with E-state index in [0.717, 1.165) is 17.6 Å². The lowest BCUT2D eigenvalue weighted by atomic mass is 9.79. The fourth-order valence-electron chi connectivity index (χ4n) is 4.96. The molecule has 0 radical (unpaired) electrons. The third kappa shape index (κ3) is 4.75. The molecule has 2 aromatic rings. The van der Waals surface area contributed by atoms with Crippen molar-refractivity contribution in [3.63, 3.8) is 0 Å². The maximum absolute atomic E-state index is 6.32. The van der Waals surface area contributed by atoms with E-state index in [1.165, 1.54) is 68.1 Å². The van der Waals surface area contributed by atoms with Gasteiger partial charge in [-0.3, -0.25) is 0 Å². The molecular formula is C26H34O. The summed E-state index contributed by atoms with van der Waals surface area (Å²) in [6.45, 7) is 4.55. The first-order valence-corrected chi connectivity index (χ1v) is 11.0. The third-order valence-corrected chi connectivity index (χ3v) is 6.89. The number of hydrogen-bond acceptors (Lipinski definition) is 1. The van der Waals surface area contributed by atoms with Gasteiger partial charge in [-0.1, -0.05) is 61.7 Å². The van der Waals surface area contributed by atoms with Gasteiger partial charge in [0.1, 0.15) is 5.75 Å². The minimum absolute atomic E-state index is 0.382. The number of aryl methyl sites for hydroxylation is 1. The van der Waals surface area contributed by atoms with Gasteiger partial charge in [0.15, 0.2) is 0 Å². The SMILES string of the molecule is Cc1ccc(C2CCC(Oc3ccc(C4CCC(C)CC4)cc3)CC2)cc1. The molecule has 1 heteroatoms. The highest BCUT2D eigenvalue weighted by Crippen LogP contribution is 2.37. The van der Waals surface area contributed by atoms with Crippen LogP contribution in [0.2, 0.25) is 0 Å². The predicted molar refractivity (Wildman–Crippen MR) is 114 cm³/mol. The van der Waals surface area contributed by atoms with Gasteiger partial charge in [-0.25, -0.2) is 0 Å². The summed E-state index contributed by atoms with van der Waals surface area (Å²) < 4.78 is 6.32. The molecule has 0 N–H and O–H groups in total. The molecule has 2 aliphatic rings. The van der Waals surface area contributed by atoms with Gasteiger partial charge < -0.3 is 4.74 Å². The number of benzene rings is 2. The van der Waals surface area contributed by atoms with E-state index in [1.54, 1.807) is 0 Å². The Balaban J connectivity index is 1.28. The van der Waals surface area contributed by atoms with Crippen LogP contribution in [0.3, 0.4) is 0 Å². The molecule has 0 aromatic heterocycles. The van der Waals surface area contributed by atoms with Crippen LogP contribution in [0.25, 0.3) is 0 Å². The molecule has 1 nitrogen and oxygen atoms in total. The molecule has 2 fully saturated rings. The lowest BCUT2D eigenvalue weighted by molar-refractivity contribution is 0.146. The Labute approximate surface area is 165 Å². The minimum Gasteiger partial charge on any atom is -0.490 e. The molecule has 0 bridgehead atoms. The Kier molecular flexibility index (Phi) is 5.86. The zero-order valence-corrected chi connectivity index (χ0v) is 17.0. The summed E-state index contributed by atoms with van der Waals surface area (Å²) in [5.41, 5.74) is 4.37. The van der Waals surface area contributed by atoms with Crippen LogP contribution >= 0.6 is 0 Å². The van der Waals surface area contributed by atoms with Crippen molar-refractivity contribution >= 4 is 0 Å². The van der Waals surface area contributed by atoms with Crippen LogP contribution in [0.4, 0.5) is 0 Å². The monoisotopic (exact) mass is 362 g/mol. The summed E-state index contributed by atoms with van der Waals surface area (Å²) in [6.07, 6.45) is 10.7. The summed E-state index contributed by atoms with van der Waals surface area (Å²) in [4.78, 5) is 0. The molecule has 4 rings (SSSR count). The first-order valence-electron chi connectivity index (χ1n) is 11.0. The standard InChI is InChI=1S/C26H34O/c1-19-3-7-21(8-4-19)23-11-15-25(16-12-23)27-26-17-13-24(14-18-26)22-9-5-20(2)6-10-22/h3-4,7-8,13-14,17-18,20,22-23,25H,5-6,9-12,15-16H2,1-2H3. The largest absolute Gasteiger partial charge is 0.490 e. The average Bonchev–Trinajstić information content (AvgIpc) is 2.71. The van der Waals surface area contributed by atoms with Gasteiger partial charge >= 0.3 is 0 Å². The van der Waals surface area contributed by atoms with Crippen LogP contribution in [0.15, 0.2) is 48.5 Å². The van der Waals surface area contributed by atoms with Gasteiger partial charge in [0.25, 0.3) is 0 Å². The zero-order chi connectivity index (χ0) is 18.6. The van der Waals surface area contributed by atoms with Crippen molar-refractivity contribution in [3.8, 4) is 5.75 Å². The van der Waals surface area contributed by atoms with E-state index in [4.69, 9.17) is 4.74 Å². The molecule has 144 valence electrons.